The molecule has 2 aromatic heterocycles. The molecule has 0 unspecified atom stereocenters. The Morgan fingerprint density at radius 1 is 1.19 bits per heavy atom. The summed E-state index contributed by atoms with van der Waals surface area (Å²) in [5, 5.41) is 14.1. The van der Waals surface area contributed by atoms with Gasteiger partial charge in [0.1, 0.15) is 17.3 Å². The Bertz CT molecular complexity index is 1320. The van der Waals surface area contributed by atoms with Crippen LogP contribution < -0.4 is 16.6 Å². The zero-order chi connectivity index (χ0) is 27.2. The highest BCUT2D eigenvalue weighted by Crippen LogP contribution is 2.21. The van der Waals surface area contributed by atoms with Gasteiger partial charge < -0.3 is 21.1 Å². The molecule has 0 aliphatic rings. The molecule has 0 radical (unpaired) electrons. The number of H-pyrrole nitrogens is 1. The Hall–Kier alpha value is -4.14. The first-order valence-corrected chi connectivity index (χ1v) is 10.1. The first-order valence-electron chi connectivity index (χ1n) is 10.1. The number of hydrogen-bond donors (Lipinski definition) is 4. The molecule has 0 fully saturated rings. The highest BCUT2D eigenvalue weighted by atomic mass is 19.4. The van der Waals surface area contributed by atoms with Gasteiger partial charge in [-0.25, -0.2) is 23.2 Å². The quantitative estimate of drug-likeness (QED) is 0.364. The van der Waals surface area contributed by atoms with Gasteiger partial charge in [-0.2, -0.15) is 18.3 Å². The summed E-state index contributed by atoms with van der Waals surface area (Å²) in [6.07, 6.45) is -5.08. The molecular formula is C21H21F5N6O4. The van der Waals surface area contributed by atoms with E-state index < -0.39 is 23.8 Å². The fraction of sp³-hybridized carbons (Fsp3) is 0.286. The van der Waals surface area contributed by atoms with Crippen molar-refractivity contribution >= 4 is 11.9 Å². The molecule has 0 saturated carbocycles. The second-order valence-electron chi connectivity index (χ2n) is 7.30. The maximum atomic E-state index is 14.1. The van der Waals surface area contributed by atoms with E-state index in [2.05, 4.69) is 20.4 Å². The van der Waals surface area contributed by atoms with Crippen LogP contribution in [0.15, 0.2) is 29.1 Å². The molecule has 1 amide bonds. The van der Waals surface area contributed by atoms with Gasteiger partial charge in [-0.15, -0.1) is 0 Å². The van der Waals surface area contributed by atoms with Crippen LogP contribution in [-0.4, -0.2) is 42.9 Å². The number of benzene rings is 1. The Kier molecular flexibility index (Phi) is 9.00. The van der Waals surface area contributed by atoms with Crippen molar-refractivity contribution < 1.29 is 36.6 Å². The standard InChI is InChI=1S/C19H20F2N6O2.C2HF3O2/c1-10-14(11(2)27(26-10)16-4-3-12(20)5-15(16)21)7-18(28)23-9-17-24-13(8-22)6-19(29)25-17;3-2(4,5)1(6)7/h3-6H,7-9,22H2,1-2H3,(H,23,28)(H,24,25,29);(H,6,7). The van der Waals surface area contributed by atoms with Gasteiger partial charge in [0.05, 0.1) is 24.4 Å². The number of nitrogens with zero attached hydrogens (tertiary/aromatic N) is 3. The number of aliphatic carboxylic acids is 1. The molecular weight excluding hydrogens is 495 g/mol. The van der Waals surface area contributed by atoms with Gasteiger partial charge in [-0.3, -0.25) is 9.59 Å². The largest absolute Gasteiger partial charge is 0.490 e. The molecule has 2 heterocycles. The SMILES string of the molecule is Cc1nn(-c2ccc(F)cc2F)c(C)c1CC(=O)NCc1nc(CN)cc(=O)[nH]1.O=C(O)C(F)(F)F. The molecule has 3 rings (SSSR count). The van der Waals surface area contributed by atoms with Crippen LogP contribution in [0.4, 0.5) is 22.0 Å². The van der Waals surface area contributed by atoms with Crippen molar-refractivity contribution in [3.8, 4) is 5.69 Å². The van der Waals surface area contributed by atoms with Gasteiger partial charge in [0.25, 0.3) is 5.56 Å². The third-order valence-corrected chi connectivity index (χ3v) is 4.66. The summed E-state index contributed by atoms with van der Waals surface area (Å²) in [5.41, 5.74) is 7.41. The van der Waals surface area contributed by atoms with Crippen molar-refractivity contribution in [2.45, 2.75) is 39.5 Å². The summed E-state index contributed by atoms with van der Waals surface area (Å²) in [6.45, 7) is 3.55. The van der Waals surface area contributed by atoms with E-state index in [9.17, 15) is 31.5 Å². The van der Waals surface area contributed by atoms with E-state index in [-0.39, 0.29) is 36.7 Å². The number of aryl methyl sites for hydroxylation is 1. The first kappa shape index (κ1) is 28.1. The number of carbonyl (C=O) groups is 2. The number of aromatic amines is 1. The average molecular weight is 516 g/mol. The molecule has 0 spiro atoms. The molecule has 0 aliphatic carbocycles. The van der Waals surface area contributed by atoms with Crippen LogP contribution >= 0.6 is 0 Å². The molecule has 0 atom stereocenters. The highest BCUT2D eigenvalue weighted by Gasteiger charge is 2.38. The Morgan fingerprint density at radius 3 is 2.39 bits per heavy atom. The van der Waals surface area contributed by atoms with Crippen molar-refractivity contribution in [2.24, 2.45) is 5.73 Å². The monoisotopic (exact) mass is 516 g/mol. The van der Waals surface area contributed by atoms with Gasteiger partial charge in [-0.05, 0) is 26.0 Å². The average Bonchev–Trinajstić information content (AvgIpc) is 3.05. The van der Waals surface area contributed by atoms with Crippen LogP contribution in [-0.2, 0) is 29.1 Å². The molecule has 5 N–H and O–H groups in total. The number of alkyl halides is 3. The third-order valence-electron chi connectivity index (χ3n) is 4.66. The van der Waals surface area contributed by atoms with E-state index >= 15 is 0 Å². The Labute approximate surface area is 200 Å². The predicted molar refractivity (Wildman–Crippen MR) is 115 cm³/mol. The van der Waals surface area contributed by atoms with Gasteiger partial charge in [0, 0.05) is 29.9 Å². The van der Waals surface area contributed by atoms with Crippen LogP contribution in [0.5, 0.6) is 0 Å². The van der Waals surface area contributed by atoms with E-state index in [1.54, 1.807) is 13.8 Å². The number of carbonyl (C=O) groups excluding carboxylic acids is 1. The predicted octanol–water partition coefficient (Wildman–Crippen LogP) is 1.80. The van der Waals surface area contributed by atoms with E-state index in [1.807, 2.05) is 0 Å². The summed E-state index contributed by atoms with van der Waals surface area (Å²) >= 11 is 0. The normalized spacial score (nSPS) is 11.0. The maximum Gasteiger partial charge on any atom is 0.490 e. The number of aromatic nitrogens is 4. The lowest BCUT2D eigenvalue weighted by molar-refractivity contribution is -0.192. The zero-order valence-electron chi connectivity index (χ0n) is 18.9. The molecule has 10 nitrogen and oxygen atoms in total. The van der Waals surface area contributed by atoms with E-state index in [0.717, 1.165) is 12.1 Å². The van der Waals surface area contributed by atoms with Crippen LogP contribution in [0, 0.1) is 25.5 Å². The molecule has 0 aliphatic heterocycles. The summed E-state index contributed by atoms with van der Waals surface area (Å²) < 4.78 is 60.3. The number of rotatable bonds is 6. The van der Waals surface area contributed by atoms with Crippen molar-refractivity contribution in [3.63, 3.8) is 0 Å². The Balaban J connectivity index is 0.000000572. The fourth-order valence-corrected chi connectivity index (χ4v) is 2.98. The van der Waals surface area contributed by atoms with E-state index in [0.29, 0.717) is 28.5 Å². The lowest BCUT2D eigenvalue weighted by atomic mass is 10.1. The second-order valence-corrected chi connectivity index (χ2v) is 7.30. The smallest absolute Gasteiger partial charge is 0.475 e. The Morgan fingerprint density at radius 2 is 1.83 bits per heavy atom. The summed E-state index contributed by atoms with van der Waals surface area (Å²) in [4.78, 5) is 39.5. The summed E-state index contributed by atoms with van der Waals surface area (Å²) in [6, 6.07) is 4.51. The molecule has 36 heavy (non-hydrogen) atoms. The second kappa shape index (κ2) is 11.5. The van der Waals surface area contributed by atoms with Gasteiger partial charge in [0.2, 0.25) is 5.91 Å². The molecule has 3 aromatic rings. The minimum Gasteiger partial charge on any atom is -0.475 e. The maximum absolute atomic E-state index is 14.1. The topological polar surface area (TPSA) is 156 Å². The number of nitrogens with two attached hydrogens (primary N) is 1. The van der Waals surface area contributed by atoms with Gasteiger partial charge >= 0.3 is 12.1 Å². The number of carboxylic acids is 1. The van der Waals surface area contributed by atoms with Crippen molar-refractivity contribution in [3.05, 3.63) is 74.7 Å². The third kappa shape index (κ3) is 7.43. The van der Waals surface area contributed by atoms with Gasteiger partial charge in [0.15, 0.2) is 5.82 Å². The van der Waals surface area contributed by atoms with Crippen molar-refractivity contribution in [2.75, 3.05) is 0 Å². The summed E-state index contributed by atoms with van der Waals surface area (Å²) in [5.74, 6) is -4.22. The van der Waals surface area contributed by atoms with Crippen LogP contribution in [0.25, 0.3) is 5.69 Å². The number of hydrogen-bond acceptors (Lipinski definition) is 6. The lowest BCUT2D eigenvalue weighted by Gasteiger charge is -2.08. The highest BCUT2D eigenvalue weighted by molar-refractivity contribution is 5.79. The number of halogens is 5. The number of carboxylic acid groups (broad SMARTS) is 1. The molecule has 194 valence electrons. The van der Waals surface area contributed by atoms with Gasteiger partial charge in [-0.1, -0.05) is 0 Å². The van der Waals surface area contributed by atoms with Crippen LogP contribution in [0.2, 0.25) is 0 Å². The van der Waals surface area contributed by atoms with E-state index in [1.165, 1.54) is 16.8 Å². The van der Waals surface area contributed by atoms with Crippen LogP contribution in [0.1, 0.15) is 28.5 Å². The molecule has 0 bridgehead atoms. The van der Waals surface area contributed by atoms with Crippen LogP contribution in [0.3, 0.4) is 0 Å². The van der Waals surface area contributed by atoms with Crippen molar-refractivity contribution in [1.82, 2.24) is 25.1 Å². The fourth-order valence-electron chi connectivity index (χ4n) is 2.98. The first-order chi connectivity index (χ1) is 16.7. The summed E-state index contributed by atoms with van der Waals surface area (Å²) in [7, 11) is 0. The molecule has 1 aromatic carbocycles. The molecule has 15 heteroatoms. The zero-order valence-corrected chi connectivity index (χ0v) is 18.9. The van der Waals surface area contributed by atoms with E-state index in [4.69, 9.17) is 15.6 Å². The number of amides is 1. The number of nitrogens with one attached hydrogen (secondary N) is 2. The van der Waals surface area contributed by atoms with Crippen molar-refractivity contribution in [1.29, 1.82) is 0 Å². The minimum absolute atomic E-state index is 0.00128. The minimum atomic E-state index is -5.08. The lowest BCUT2D eigenvalue weighted by Crippen LogP contribution is -2.27. The molecule has 0 saturated heterocycles.